The minimum absolute atomic E-state index is 0.134. The number of piperidine rings is 1. The zero-order chi connectivity index (χ0) is 17.3. The van der Waals surface area contributed by atoms with Gasteiger partial charge in [0.25, 0.3) is 0 Å². The van der Waals surface area contributed by atoms with Gasteiger partial charge in [0, 0.05) is 12.1 Å². The minimum Gasteiger partial charge on any atom is -0.460 e. The summed E-state index contributed by atoms with van der Waals surface area (Å²) in [5, 5.41) is 15.0. The van der Waals surface area contributed by atoms with Gasteiger partial charge in [0.2, 0.25) is 5.60 Å². The fraction of sp³-hybridized carbons (Fsp3) is 0.381. The molecule has 130 valence electrons. The minimum atomic E-state index is -1.79. The van der Waals surface area contributed by atoms with Crippen LogP contribution in [0.2, 0.25) is 0 Å². The average Bonchev–Trinajstić information content (AvgIpc) is 3.00. The number of hydrogen-bond acceptors (Lipinski definition) is 4. The lowest BCUT2D eigenvalue weighted by Crippen LogP contribution is -2.46. The summed E-state index contributed by atoms with van der Waals surface area (Å²) in [5.41, 5.74) is -0.724. The van der Waals surface area contributed by atoms with Crippen LogP contribution in [0.15, 0.2) is 60.7 Å². The van der Waals surface area contributed by atoms with E-state index < -0.39 is 11.6 Å². The summed E-state index contributed by atoms with van der Waals surface area (Å²) in [6.07, 6.45) is 3.79. The predicted molar refractivity (Wildman–Crippen MR) is 94.9 cm³/mol. The summed E-state index contributed by atoms with van der Waals surface area (Å²) < 4.78 is 5.82. The number of benzene rings is 2. The maximum Gasteiger partial charge on any atom is 0.347 e. The molecule has 0 spiro atoms. The van der Waals surface area contributed by atoms with Gasteiger partial charge in [-0.25, -0.2) is 4.79 Å². The first-order valence-electron chi connectivity index (χ1n) is 8.97. The van der Waals surface area contributed by atoms with Crippen molar-refractivity contribution in [1.82, 2.24) is 5.32 Å². The molecule has 0 aromatic heterocycles. The molecule has 2 aromatic rings. The van der Waals surface area contributed by atoms with Gasteiger partial charge in [0.05, 0.1) is 0 Å². The molecule has 0 amide bonds. The number of rotatable bonds is 4. The standard InChI is InChI=1S/C21H23NO3/c23-20(25-19-13-17-11-12-18(14-19)22-17)21(24,15-7-3-1-4-8-15)16-9-5-2-6-10-16/h1-10,17-19,22,24H,11-14H2/t17-,18-/m0/s1. The lowest BCUT2D eigenvalue weighted by Gasteiger charge is -2.33. The summed E-state index contributed by atoms with van der Waals surface area (Å²) in [5.74, 6) is -0.587. The third kappa shape index (κ3) is 3.08. The van der Waals surface area contributed by atoms with Crippen molar-refractivity contribution in [2.45, 2.75) is 49.5 Å². The molecule has 2 bridgehead atoms. The highest BCUT2D eigenvalue weighted by molar-refractivity contribution is 5.85. The van der Waals surface area contributed by atoms with Gasteiger partial charge in [-0.15, -0.1) is 0 Å². The largest absolute Gasteiger partial charge is 0.460 e. The van der Waals surface area contributed by atoms with E-state index >= 15 is 0 Å². The smallest absolute Gasteiger partial charge is 0.347 e. The molecule has 2 saturated heterocycles. The molecule has 4 heteroatoms. The van der Waals surface area contributed by atoms with Gasteiger partial charge in [0.15, 0.2) is 0 Å². The second kappa shape index (κ2) is 6.62. The Morgan fingerprint density at radius 3 is 1.88 bits per heavy atom. The molecule has 0 saturated carbocycles. The maximum absolute atomic E-state index is 13.1. The quantitative estimate of drug-likeness (QED) is 0.843. The molecule has 25 heavy (non-hydrogen) atoms. The van der Waals surface area contributed by atoms with Crippen LogP contribution in [-0.4, -0.2) is 29.3 Å². The summed E-state index contributed by atoms with van der Waals surface area (Å²) >= 11 is 0. The van der Waals surface area contributed by atoms with E-state index in [1.54, 1.807) is 24.3 Å². The molecule has 2 heterocycles. The van der Waals surface area contributed by atoms with Gasteiger partial charge >= 0.3 is 5.97 Å². The third-order valence-electron chi connectivity index (χ3n) is 5.38. The Balaban J connectivity index is 1.63. The predicted octanol–water partition coefficient (Wildman–Crippen LogP) is 2.75. The van der Waals surface area contributed by atoms with Crippen LogP contribution < -0.4 is 5.32 Å². The summed E-state index contributed by atoms with van der Waals surface area (Å²) in [4.78, 5) is 13.1. The Morgan fingerprint density at radius 2 is 1.40 bits per heavy atom. The van der Waals surface area contributed by atoms with Crippen LogP contribution in [0.5, 0.6) is 0 Å². The molecule has 0 unspecified atom stereocenters. The van der Waals surface area contributed by atoms with Crippen molar-refractivity contribution in [3.8, 4) is 0 Å². The first kappa shape index (κ1) is 16.3. The van der Waals surface area contributed by atoms with Crippen molar-refractivity contribution in [2.75, 3.05) is 0 Å². The van der Waals surface area contributed by atoms with Crippen LogP contribution in [0.25, 0.3) is 0 Å². The molecule has 2 aliphatic rings. The lowest BCUT2D eigenvalue weighted by atomic mass is 9.86. The van der Waals surface area contributed by atoms with E-state index in [4.69, 9.17) is 4.74 Å². The van der Waals surface area contributed by atoms with Gasteiger partial charge in [-0.3, -0.25) is 0 Å². The zero-order valence-electron chi connectivity index (χ0n) is 14.1. The number of hydrogen-bond donors (Lipinski definition) is 2. The second-order valence-electron chi connectivity index (χ2n) is 7.08. The van der Waals surface area contributed by atoms with Gasteiger partial charge in [-0.1, -0.05) is 60.7 Å². The molecule has 0 radical (unpaired) electrons. The highest BCUT2D eigenvalue weighted by atomic mass is 16.6. The van der Waals surface area contributed by atoms with Gasteiger partial charge < -0.3 is 15.2 Å². The van der Waals surface area contributed by atoms with E-state index in [1.807, 2.05) is 36.4 Å². The molecule has 4 rings (SSSR count). The topological polar surface area (TPSA) is 58.6 Å². The van der Waals surface area contributed by atoms with E-state index in [2.05, 4.69) is 5.32 Å². The Morgan fingerprint density at radius 1 is 0.920 bits per heavy atom. The monoisotopic (exact) mass is 337 g/mol. The third-order valence-corrected chi connectivity index (χ3v) is 5.38. The molecule has 2 fully saturated rings. The molecule has 4 nitrogen and oxygen atoms in total. The molecular formula is C21H23NO3. The van der Waals surface area contributed by atoms with Crippen molar-refractivity contribution in [3.05, 3.63) is 71.8 Å². The number of carbonyl (C=O) groups excluding carboxylic acids is 1. The first-order chi connectivity index (χ1) is 12.2. The number of carbonyl (C=O) groups is 1. The second-order valence-corrected chi connectivity index (χ2v) is 7.08. The first-order valence-corrected chi connectivity index (χ1v) is 8.97. The lowest BCUT2D eigenvalue weighted by molar-refractivity contribution is -0.169. The normalized spacial score (nSPS) is 25.6. The average molecular weight is 337 g/mol. The number of esters is 1. The molecule has 2 N–H and O–H groups in total. The van der Waals surface area contributed by atoms with E-state index in [9.17, 15) is 9.90 Å². The van der Waals surface area contributed by atoms with Gasteiger partial charge in [0.1, 0.15) is 6.10 Å². The van der Waals surface area contributed by atoms with Crippen LogP contribution in [0.4, 0.5) is 0 Å². The van der Waals surface area contributed by atoms with E-state index in [0.717, 1.165) is 25.7 Å². The zero-order valence-corrected chi connectivity index (χ0v) is 14.1. The van der Waals surface area contributed by atoms with Crippen molar-refractivity contribution < 1.29 is 14.6 Å². The Labute approximate surface area is 147 Å². The van der Waals surface area contributed by atoms with Gasteiger partial charge in [-0.2, -0.15) is 0 Å². The van der Waals surface area contributed by atoms with Crippen LogP contribution in [0.1, 0.15) is 36.8 Å². The molecule has 0 aliphatic carbocycles. The van der Waals surface area contributed by atoms with Crippen LogP contribution >= 0.6 is 0 Å². The molecule has 2 atom stereocenters. The number of aliphatic hydroxyl groups is 1. The highest BCUT2D eigenvalue weighted by Crippen LogP contribution is 2.34. The fourth-order valence-electron chi connectivity index (χ4n) is 4.10. The van der Waals surface area contributed by atoms with E-state index in [1.165, 1.54) is 0 Å². The Bertz CT molecular complexity index is 680. The van der Waals surface area contributed by atoms with Crippen molar-refractivity contribution in [1.29, 1.82) is 0 Å². The van der Waals surface area contributed by atoms with E-state index in [0.29, 0.717) is 23.2 Å². The Hall–Kier alpha value is -2.17. The SMILES string of the molecule is O=C(OC1C[C@@H]2CC[C@@H](C1)N2)C(O)(c1ccccc1)c1ccccc1. The van der Waals surface area contributed by atoms with E-state index in [-0.39, 0.29) is 6.10 Å². The Kier molecular flexibility index (Phi) is 4.32. The van der Waals surface area contributed by atoms with Crippen LogP contribution in [-0.2, 0) is 15.1 Å². The number of nitrogens with one attached hydrogen (secondary N) is 1. The van der Waals surface area contributed by atoms with Crippen molar-refractivity contribution >= 4 is 5.97 Å². The van der Waals surface area contributed by atoms with Crippen LogP contribution in [0.3, 0.4) is 0 Å². The molecular weight excluding hydrogens is 314 g/mol. The highest BCUT2D eigenvalue weighted by Gasteiger charge is 2.44. The number of ether oxygens (including phenoxy) is 1. The van der Waals surface area contributed by atoms with Gasteiger partial charge in [-0.05, 0) is 36.8 Å². The molecule has 2 aromatic carbocycles. The maximum atomic E-state index is 13.1. The number of fused-ring (bicyclic) bond motifs is 2. The van der Waals surface area contributed by atoms with Crippen LogP contribution in [0, 0.1) is 0 Å². The molecule has 2 aliphatic heterocycles. The summed E-state index contributed by atoms with van der Waals surface area (Å²) in [6, 6.07) is 18.9. The van der Waals surface area contributed by atoms with Crippen molar-refractivity contribution in [3.63, 3.8) is 0 Å². The summed E-state index contributed by atoms with van der Waals surface area (Å²) in [7, 11) is 0. The fourth-order valence-corrected chi connectivity index (χ4v) is 4.10. The summed E-state index contributed by atoms with van der Waals surface area (Å²) in [6.45, 7) is 0. The van der Waals surface area contributed by atoms with Crippen molar-refractivity contribution in [2.24, 2.45) is 0 Å².